The summed E-state index contributed by atoms with van der Waals surface area (Å²) in [5.41, 5.74) is 0.923. The van der Waals surface area contributed by atoms with Gasteiger partial charge in [-0.05, 0) is 36.2 Å². The molecule has 1 aliphatic rings. The van der Waals surface area contributed by atoms with Crippen molar-refractivity contribution in [1.29, 1.82) is 0 Å². The Balaban J connectivity index is 2.02. The van der Waals surface area contributed by atoms with Gasteiger partial charge in [0.1, 0.15) is 5.82 Å². The normalized spacial score (nSPS) is 14.6. The van der Waals surface area contributed by atoms with E-state index in [9.17, 15) is 14.0 Å². The molecule has 2 amide bonds. The van der Waals surface area contributed by atoms with E-state index in [0.29, 0.717) is 22.6 Å². The van der Waals surface area contributed by atoms with Crippen molar-refractivity contribution in [3.8, 4) is 0 Å². The zero-order valence-corrected chi connectivity index (χ0v) is 14.7. The molecule has 0 saturated heterocycles. The summed E-state index contributed by atoms with van der Waals surface area (Å²) in [5, 5.41) is 0. The van der Waals surface area contributed by atoms with Crippen molar-refractivity contribution in [1.82, 2.24) is 4.90 Å². The molecule has 1 heterocycles. The van der Waals surface area contributed by atoms with Crippen LogP contribution in [0.1, 0.15) is 25.3 Å². The van der Waals surface area contributed by atoms with Gasteiger partial charge in [0, 0.05) is 11.4 Å². The molecular weight excluding hydrogens is 337 g/mol. The third-order valence-corrected chi connectivity index (χ3v) is 5.05. The summed E-state index contributed by atoms with van der Waals surface area (Å²) in [6, 6.07) is 15.2. The zero-order chi connectivity index (χ0) is 17.8. The van der Waals surface area contributed by atoms with Gasteiger partial charge in [-0.25, -0.2) is 4.39 Å². The first-order valence-corrected chi connectivity index (χ1v) is 9.02. The Kier molecular flexibility index (Phi) is 5.34. The minimum absolute atomic E-state index is 0.272. The molecule has 0 fully saturated rings. The standard InChI is InChI=1S/C20H18FNO2S/c1-2-3-13-22-19(23)17(14-9-11-15(21)12-10-14)18(20(22)24)25-16-7-5-4-6-8-16/h4-12H,2-3,13H2,1H3. The summed E-state index contributed by atoms with van der Waals surface area (Å²) in [5.74, 6) is -0.948. The van der Waals surface area contributed by atoms with E-state index in [2.05, 4.69) is 0 Å². The lowest BCUT2D eigenvalue weighted by Gasteiger charge is -2.14. The Bertz CT molecular complexity index is 815. The Morgan fingerprint density at radius 1 is 0.960 bits per heavy atom. The lowest BCUT2D eigenvalue weighted by atomic mass is 10.1. The van der Waals surface area contributed by atoms with Crippen molar-refractivity contribution in [3.05, 3.63) is 70.9 Å². The van der Waals surface area contributed by atoms with Gasteiger partial charge in [0.25, 0.3) is 11.8 Å². The van der Waals surface area contributed by atoms with Gasteiger partial charge >= 0.3 is 0 Å². The number of amides is 2. The molecular formula is C20H18FNO2S. The van der Waals surface area contributed by atoms with Crippen molar-refractivity contribution in [2.45, 2.75) is 24.7 Å². The third-order valence-electron chi connectivity index (χ3n) is 3.96. The molecule has 1 aliphatic heterocycles. The molecule has 0 radical (unpaired) electrons. The van der Waals surface area contributed by atoms with Gasteiger partial charge in [-0.2, -0.15) is 0 Å². The van der Waals surface area contributed by atoms with Gasteiger partial charge < -0.3 is 0 Å². The van der Waals surface area contributed by atoms with Crippen LogP contribution in [-0.4, -0.2) is 23.3 Å². The summed E-state index contributed by atoms with van der Waals surface area (Å²) in [6.45, 7) is 2.41. The van der Waals surface area contributed by atoms with Crippen LogP contribution in [0.4, 0.5) is 4.39 Å². The lowest BCUT2D eigenvalue weighted by Crippen LogP contribution is -2.32. The topological polar surface area (TPSA) is 37.4 Å². The quantitative estimate of drug-likeness (QED) is 0.716. The highest BCUT2D eigenvalue weighted by Gasteiger charge is 2.38. The van der Waals surface area contributed by atoms with Gasteiger partial charge in [-0.1, -0.05) is 55.4 Å². The van der Waals surface area contributed by atoms with Gasteiger partial charge in [0.05, 0.1) is 10.5 Å². The van der Waals surface area contributed by atoms with E-state index in [1.165, 1.54) is 28.8 Å². The molecule has 3 rings (SSSR count). The van der Waals surface area contributed by atoms with Crippen molar-refractivity contribution < 1.29 is 14.0 Å². The zero-order valence-electron chi connectivity index (χ0n) is 13.9. The molecule has 5 heteroatoms. The molecule has 0 saturated carbocycles. The number of halogens is 1. The maximum absolute atomic E-state index is 13.3. The molecule has 2 aromatic carbocycles. The van der Waals surface area contributed by atoms with Crippen LogP contribution in [0.15, 0.2) is 64.4 Å². The Morgan fingerprint density at radius 2 is 1.64 bits per heavy atom. The summed E-state index contributed by atoms with van der Waals surface area (Å²) in [7, 11) is 0. The molecule has 25 heavy (non-hydrogen) atoms. The molecule has 0 N–H and O–H groups in total. The molecule has 0 aliphatic carbocycles. The smallest absolute Gasteiger partial charge is 0.268 e. The van der Waals surface area contributed by atoms with E-state index < -0.39 is 0 Å². The number of unbranched alkanes of at least 4 members (excludes halogenated alkanes) is 1. The lowest BCUT2D eigenvalue weighted by molar-refractivity contribution is -0.136. The van der Waals surface area contributed by atoms with Crippen LogP contribution in [0.3, 0.4) is 0 Å². The van der Waals surface area contributed by atoms with Crippen molar-refractivity contribution in [2.75, 3.05) is 6.54 Å². The summed E-state index contributed by atoms with van der Waals surface area (Å²) >= 11 is 1.28. The number of imide groups is 1. The van der Waals surface area contributed by atoms with E-state index in [1.54, 1.807) is 12.1 Å². The number of benzene rings is 2. The van der Waals surface area contributed by atoms with Crippen LogP contribution in [0, 0.1) is 5.82 Å². The van der Waals surface area contributed by atoms with Crippen molar-refractivity contribution in [2.24, 2.45) is 0 Å². The molecule has 0 unspecified atom stereocenters. The number of nitrogens with zero attached hydrogens (tertiary/aromatic N) is 1. The second-order valence-corrected chi connectivity index (χ2v) is 6.83. The monoisotopic (exact) mass is 355 g/mol. The van der Waals surface area contributed by atoms with Crippen molar-refractivity contribution in [3.63, 3.8) is 0 Å². The third kappa shape index (κ3) is 3.66. The highest BCUT2D eigenvalue weighted by Crippen LogP contribution is 2.39. The second kappa shape index (κ2) is 7.66. The second-order valence-electron chi connectivity index (χ2n) is 5.74. The number of hydrogen-bond donors (Lipinski definition) is 0. The van der Waals surface area contributed by atoms with Gasteiger partial charge in [-0.3, -0.25) is 14.5 Å². The SMILES string of the molecule is CCCCN1C(=O)C(Sc2ccccc2)=C(c2ccc(F)cc2)C1=O. The first kappa shape index (κ1) is 17.4. The Hall–Kier alpha value is -2.40. The minimum atomic E-state index is -0.374. The van der Waals surface area contributed by atoms with Gasteiger partial charge in [0.2, 0.25) is 0 Å². The number of thioether (sulfide) groups is 1. The van der Waals surface area contributed by atoms with Crippen LogP contribution in [0.25, 0.3) is 5.57 Å². The Morgan fingerprint density at radius 3 is 2.28 bits per heavy atom. The molecule has 0 atom stereocenters. The average Bonchev–Trinajstić information content (AvgIpc) is 2.85. The molecule has 3 nitrogen and oxygen atoms in total. The van der Waals surface area contributed by atoms with Crippen LogP contribution in [0.5, 0.6) is 0 Å². The molecule has 0 spiro atoms. The Labute approximate surface area is 150 Å². The molecule has 0 bridgehead atoms. The maximum Gasteiger partial charge on any atom is 0.268 e. The van der Waals surface area contributed by atoms with Crippen LogP contribution < -0.4 is 0 Å². The molecule has 0 aromatic heterocycles. The largest absolute Gasteiger partial charge is 0.274 e. The van der Waals surface area contributed by atoms with E-state index in [0.717, 1.165) is 17.7 Å². The highest BCUT2D eigenvalue weighted by atomic mass is 32.2. The fourth-order valence-corrected chi connectivity index (χ4v) is 3.68. The fraction of sp³-hybridized carbons (Fsp3) is 0.200. The number of carbonyl (C=O) groups is 2. The van der Waals surface area contributed by atoms with Crippen LogP contribution in [0.2, 0.25) is 0 Å². The number of rotatable bonds is 6. The van der Waals surface area contributed by atoms with Crippen LogP contribution in [-0.2, 0) is 9.59 Å². The first-order chi connectivity index (χ1) is 12.1. The predicted octanol–water partition coefficient (Wildman–Crippen LogP) is 4.50. The number of carbonyl (C=O) groups excluding carboxylic acids is 2. The summed E-state index contributed by atoms with van der Waals surface area (Å²) in [4.78, 5) is 28.3. The predicted molar refractivity (Wildman–Crippen MR) is 97.2 cm³/mol. The van der Waals surface area contributed by atoms with E-state index in [1.807, 2.05) is 37.3 Å². The van der Waals surface area contributed by atoms with Crippen LogP contribution >= 0.6 is 11.8 Å². The maximum atomic E-state index is 13.3. The van der Waals surface area contributed by atoms with Crippen molar-refractivity contribution >= 4 is 29.1 Å². The highest BCUT2D eigenvalue weighted by molar-refractivity contribution is 8.04. The summed E-state index contributed by atoms with van der Waals surface area (Å²) < 4.78 is 13.3. The van der Waals surface area contributed by atoms with Gasteiger partial charge in [-0.15, -0.1) is 0 Å². The van der Waals surface area contributed by atoms with E-state index in [4.69, 9.17) is 0 Å². The minimum Gasteiger partial charge on any atom is -0.274 e. The first-order valence-electron chi connectivity index (χ1n) is 8.21. The van der Waals surface area contributed by atoms with E-state index in [-0.39, 0.29) is 17.6 Å². The molecule has 128 valence electrons. The fourth-order valence-electron chi connectivity index (χ4n) is 2.65. The summed E-state index contributed by atoms with van der Waals surface area (Å²) in [6.07, 6.45) is 1.65. The van der Waals surface area contributed by atoms with E-state index >= 15 is 0 Å². The average molecular weight is 355 g/mol. The number of hydrogen-bond acceptors (Lipinski definition) is 3. The van der Waals surface area contributed by atoms with Gasteiger partial charge in [0.15, 0.2) is 0 Å². The molecule has 2 aromatic rings.